The Balaban J connectivity index is 2.66. The predicted molar refractivity (Wildman–Crippen MR) is 76.8 cm³/mol. The summed E-state index contributed by atoms with van der Waals surface area (Å²) in [6, 6.07) is 5.28. The van der Waals surface area contributed by atoms with Gasteiger partial charge in [-0.1, -0.05) is 19.4 Å². The van der Waals surface area contributed by atoms with Crippen LogP contribution in [0, 0.1) is 6.92 Å². The molecule has 19 heavy (non-hydrogen) atoms. The number of aryl methyl sites for hydroxylation is 1. The highest BCUT2D eigenvalue weighted by molar-refractivity contribution is 6.39. The maximum Gasteiger partial charge on any atom is 0.313 e. The molecule has 1 aromatic carbocycles. The summed E-state index contributed by atoms with van der Waals surface area (Å²) >= 11 is 0. The van der Waals surface area contributed by atoms with Gasteiger partial charge in [0.2, 0.25) is 0 Å². The average molecular weight is 263 g/mol. The molecule has 5 heteroatoms. The third kappa shape index (κ3) is 4.28. The summed E-state index contributed by atoms with van der Waals surface area (Å²) in [6.45, 7) is 4.52. The zero-order valence-electron chi connectivity index (χ0n) is 11.7. The highest BCUT2D eigenvalue weighted by atomic mass is 16.2. The van der Waals surface area contributed by atoms with Crippen molar-refractivity contribution < 1.29 is 9.59 Å². The maximum absolute atomic E-state index is 11.8. The molecule has 0 spiro atoms. The number of benzene rings is 1. The van der Waals surface area contributed by atoms with Crippen LogP contribution in [0.3, 0.4) is 0 Å². The topological polar surface area (TPSA) is 75.4 Å². The molecule has 1 rings (SSSR count). The van der Waals surface area contributed by atoms with E-state index in [1.807, 2.05) is 19.9 Å². The van der Waals surface area contributed by atoms with Crippen LogP contribution < -0.4 is 11.1 Å². The lowest BCUT2D eigenvalue weighted by Crippen LogP contribution is -2.37. The molecule has 0 aromatic heterocycles. The Morgan fingerprint density at radius 2 is 2.05 bits per heavy atom. The van der Waals surface area contributed by atoms with E-state index >= 15 is 0 Å². The number of nitrogen functional groups attached to an aromatic ring is 1. The fraction of sp³-hybridized carbons (Fsp3) is 0.429. The molecule has 2 amide bonds. The van der Waals surface area contributed by atoms with Crippen molar-refractivity contribution in [3.8, 4) is 0 Å². The molecule has 0 saturated carbocycles. The molecule has 0 saturated heterocycles. The highest BCUT2D eigenvalue weighted by Gasteiger charge is 2.18. The quantitative estimate of drug-likeness (QED) is 0.642. The van der Waals surface area contributed by atoms with Crippen molar-refractivity contribution in [2.45, 2.75) is 26.7 Å². The Morgan fingerprint density at radius 3 is 2.63 bits per heavy atom. The Bertz CT molecular complexity index is 472. The van der Waals surface area contributed by atoms with Gasteiger partial charge < -0.3 is 16.0 Å². The number of nitrogens with two attached hydrogens (primary N) is 1. The fourth-order valence-electron chi connectivity index (χ4n) is 1.64. The molecule has 0 atom stereocenters. The number of hydrogen-bond acceptors (Lipinski definition) is 3. The smallest absolute Gasteiger partial charge is 0.313 e. The third-order valence-electron chi connectivity index (χ3n) is 2.84. The summed E-state index contributed by atoms with van der Waals surface area (Å²) in [5.41, 5.74) is 7.71. The standard InChI is InChI=1S/C14H21N3O2/c1-4-5-8-17(3)14(19)13(18)16-12-7-6-10(2)9-11(12)15/h6-7,9H,4-5,8,15H2,1-3H3,(H,16,18). The van der Waals surface area contributed by atoms with Crippen LogP contribution in [0.1, 0.15) is 25.3 Å². The first-order chi connectivity index (χ1) is 8.95. The van der Waals surface area contributed by atoms with Crippen LogP contribution in [-0.4, -0.2) is 30.3 Å². The van der Waals surface area contributed by atoms with Gasteiger partial charge in [-0.05, 0) is 31.0 Å². The molecule has 0 aliphatic heterocycles. The lowest BCUT2D eigenvalue weighted by atomic mass is 10.2. The summed E-state index contributed by atoms with van der Waals surface area (Å²) in [5.74, 6) is -1.21. The molecule has 5 nitrogen and oxygen atoms in total. The zero-order valence-corrected chi connectivity index (χ0v) is 11.7. The second kappa shape index (κ2) is 6.78. The van der Waals surface area contributed by atoms with Gasteiger partial charge in [0.1, 0.15) is 0 Å². The van der Waals surface area contributed by atoms with Crippen molar-refractivity contribution in [1.82, 2.24) is 4.90 Å². The van der Waals surface area contributed by atoms with E-state index in [0.717, 1.165) is 18.4 Å². The molecule has 0 heterocycles. The Kier molecular flexibility index (Phi) is 5.36. The molecule has 0 radical (unpaired) electrons. The van der Waals surface area contributed by atoms with Crippen molar-refractivity contribution in [2.75, 3.05) is 24.6 Å². The fourth-order valence-corrected chi connectivity index (χ4v) is 1.64. The van der Waals surface area contributed by atoms with Crippen LogP contribution in [-0.2, 0) is 9.59 Å². The second-order valence-electron chi connectivity index (χ2n) is 4.63. The van der Waals surface area contributed by atoms with E-state index < -0.39 is 11.8 Å². The van der Waals surface area contributed by atoms with Gasteiger partial charge in [0.05, 0.1) is 11.4 Å². The molecule has 0 fully saturated rings. The van der Waals surface area contributed by atoms with Gasteiger partial charge in [-0.3, -0.25) is 9.59 Å². The third-order valence-corrected chi connectivity index (χ3v) is 2.84. The summed E-state index contributed by atoms with van der Waals surface area (Å²) in [7, 11) is 1.62. The van der Waals surface area contributed by atoms with Crippen LogP contribution in [0.4, 0.5) is 11.4 Å². The summed E-state index contributed by atoms with van der Waals surface area (Å²) in [4.78, 5) is 25.0. The molecular formula is C14H21N3O2. The Morgan fingerprint density at radius 1 is 1.37 bits per heavy atom. The first-order valence-electron chi connectivity index (χ1n) is 6.38. The van der Waals surface area contributed by atoms with Crippen molar-refractivity contribution in [3.63, 3.8) is 0 Å². The number of unbranched alkanes of at least 4 members (excludes halogenated alkanes) is 1. The summed E-state index contributed by atoms with van der Waals surface area (Å²) < 4.78 is 0. The Labute approximate surface area is 113 Å². The lowest BCUT2D eigenvalue weighted by Gasteiger charge is -2.16. The van der Waals surface area contributed by atoms with Gasteiger partial charge in [-0.25, -0.2) is 0 Å². The number of carbonyl (C=O) groups excluding carboxylic acids is 2. The number of carbonyl (C=O) groups is 2. The number of rotatable bonds is 4. The average Bonchev–Trinajstić information content (AvgIpc) is 2.38. The summed E-state index contributed by atoms with van der Waals surface area (Å²) in [6.07, 6.45) is 1.85. The van der Waals surface area contributed by atoms with Gasteiger partial charge in [0.15, 0.2) is 0 Å². The highest BCUT2D eigenvalue weighted by Crippen LogP contribution is 2.19. The van der Waals surface area contributed by atoms with E-state index in [1.165, 1.54) is 4.90 Å². The number of likely N-dealkylation sites (N-methyl/N-ethyl adjacent to an activating group) is 1. The zero-order chi connectivity index (χ0) is 14.4. The van der Waals surface area contributed by atoms with Gasteiger partial charge in [-0.15, -0.1) is 0 Å². The van der Waals surface area contributed by atoms with E-state index in [9.17, 15) is 9.59 Å². The van der Waals surface area contributed by atoms with Crippen molar-refractivity contribution in [3.05, 3.63) is 23.8 Å². The van der Waals surface area contributed by atoms with E-state index in [2.05, 4.69) is 5.32 Å². The van der Waals surface area contributed by atoms with Crippen molar-refractivity contribution in [2.24, 2.45) is 0 Å². The molecule has 0 bridgehead atoms. The minimum atomic E-state index is -0.658. The molecule has 1 aromatic rings. The van der Waals surface area contributed by atoms with Crippen LogP contribution in [0.5, 0.6) is 0 Å². The molecule has 0 unspecified atom stereocenters. The van der Waals surface area contributed by atoms with Crippen molar-refractivity contribution in [1.29, 1.82) is 0 Å². The van der Waals surface area contributed by atoms with Gasteiger partial charge in [-0.2, -0.15) is 0 Å². The molecule has 0 aliphatic carbocycles. The normalized spacial score (nSPS) is 10.1. The minimum absolute atomic E-state index is 0.456. The maximum atomic E-state index is 11.8. The van der Waals surface area contributed by atoms with E-state index in [0.29, 0.717) is 17.9 Å². The second-order valence-corrected chi connectivity index (χ2v) is 4.63. The molecule has 104 valence electrons. The summed E-state index contributed by atoms with van der Waals surface area (Å²) in [5, 5.41) is 2.54. The number of anilines is 2. The Hall–Kier alpha value is -2.04. The van der Waals surface area contributed by atoms with E-state index in [1.54, 1.807) is 19.2 Å². The number of amides is 2. The lowest BCUT2D eigenvalue weighted by molar-refractivity contribution is -0.142. The SMILES string of the molecule is CCCCN(C)C(=O)C(=O)Nc1ccc(C)cc1N. The first-order valence-corrected chi connectivity index (χ1v) is 6.38. The number of nitrogens with zero attached hydrogens (tertiary/aromatic N) is 1. The molecule has 3 N–H and O–H groups in total. The van der Waals surface area contributed by atoms with Crippen LogP contribution in [0.15, 0.2) is 18.2 Å². The van der Waals surface area contributed by atoms with Crippen molar-refractivity contribution >= 4 is 23.2 Å². The van der Waals surface area contributed by atoms with Gasteiger partial charge >= 0.3 is 11.8 Å². The largest absolute Gasteiger partial charge is 0.397 e. The minimum Gasteiger partial charge on any atom is -0.397 e. The van der Waals surface area contributed by atoms with Crippen LogP contribution >= 0.6 is 0 Å². The van der Waals surface area contributed by atoms with Gasteiger partial charge in [0.25, 0.3) is 0 Å². The monoisotopic (exact) mass is 263 g/mol. The molecule has 0 aliphatic rings. The predicted octanol–water partition coefficient (Wildman–Crippen LogP) is 1.77. The van der Waals surface area contributed by atoms with E-state index in [4.69, 9.17) is 5.73 Å². The van der Waals surface area contributed by atoms with Crippen LogP contribution in [0.25, 0.3) is 0 Å². The number of nitrogens with one attached hydrogen (secondary N) is 1. The number of hydrogen-bond donors (Lipinski definition) is 2. The first kappa shape index (κ1) is 15.0. The molecular weight excluding hydrogens is 242 g/mol. The van der Waals surface area contributed by atoms with Gasteiger partial charge in [0, 0.05) is 13.6 Å². The van der Waals surface area contributed by atoms with E-state index in [-0.39, 0.29) is 0 Å². The van der Waals surface area contributed by atoms with Crippen LogP contribution in [0.2, 0.25) is 0 Å².